The van der Waals surface area contributed by atoms with E-state index in [0.717, 1.165) is 30.8 Å². The highest BCUT2D eigenvalue weighted by Gasteiger charge is 2.46. The molecule has 2 fully saturated rings. The smallest absolute Gasteiger partial charge is 0.227 e. The van der Waals surface area contributed by atoms with Gasteiger partial charge >= 0.3 is 0 Å². The summed E-state index contributed by atoms with van der Waals surface area (Å²) in [5, 5.41) is 3.33. The van der Waals surface area contributed by atoms with Crippen LogP contribution in [0.5, 0.6) is 0 Å². The van der Waals surface area contributed by atoms with Gasteiger partial charge in [0.15, 0.2) is 0 Å². The average molecular weight is 360 g/mol. The number of nitrogens with zero attached hydrogens (tertiary/aromatic N) is 1. The standard InChI is InChI=1S/C20H19F3N2O/c21-15-3-1-2-13(6-15)20-17-10-24-9-14(17)11-25(20)19(26)7-12-4-5-16(22)8-18(12)23/h1-6,8,14,17,20,24H,7,9-11H2/t14-,17-,20+/m0/s1. The van der Waals surface area contributed by atoms with Crippen LogP contribution in [-0.2, 0) is 11.2 Å². The monoisotopic (exact) mass is 360 g/mol. The average Bonchev–Trinajstić information content (AvgIpc) is 3.18. The van der Waals surface area contributed by atoms with Crippen molar-refractivity contribution < 1.29 is 18.0 Å². The molecule has 4 rings (SSSR count). The van der Waals surface area contributed by atoms with E-state index in [1.165, 1.54) is 18.2 Å². The van der Waals surface area contributed by atoms with Gasteiger partial charge in [-0.3, -0.25) is 4.79 Å². The third-order valence-corrected chi connectivity index (χ3v) is 5.43. The molecule has 6 heteroatoms. The molecule has 2 heterocycles. The van der Waals surface area contributed by atoms with Gasteiger partial charge in [-0.1, -0.05) is 18.2 Å². The van der Waals surface area contributed by atoms with Crippen LogP contribution in [0.2, 0.25) is 0 Å². The highest BCUT2D eigenvalue weighted by molar-refractivity contribution is 5.79. The molecule has 0 aliphatic carbocycles. The Bertz CT molecular complexity index is 842. The van der Waals surface area contributed by atoms with Crippen LogP contribution in [0.1, 0.15) is 17.2 Å². The molecule has 1 amide bonds. The minimum absolute atomic E-state index is 0.134. The van der Waals surface area contributed by atoms with Crippen molar-refractivity contribution in [3.63, 3.8) is 0 Å². The van der Waals surface area contributed by atoms with Crippen LogP contribution in [0.3, 0.4) is 0 Å². The van der Waals surface area contributed by atoms with Gasteiger partial charge in [0.25, 0.3) is 0 Å². The molecule has 26 heavy (non-hydrogen) atoms. The second-order valence-electron chi connectivity index (χ2n) is 7.04. The van der Waals surface area contributed by atoms with E-state index in [0.29, 0.717) is 12.5 Å². The Labute approximate surface area is 149 Å². The van der Waals surface area contributed by atoms with Gasteiger partial charge in [0.2, 0.25) is 5.91 Å². The summed E-state index contributed by atoms with van der Waals surface area (Å²) in [6.45, 7) is 2.13. The minimum atomic E-state index is -0.721. The number of halogens is 3. The topological polar surface area (TPSA) is 32.3 Å². The van der Waals surface area contributed by atoms with Gasteiger partial charge in [0.05, 0.1) is 12.5 Å². The molecule has 0 saturated carbocycles. The van der Waals surface area contributed by atoms with Gasteiger partial charge in [-0.2, -0.15) is 0 Å². The first-order valence-electron chi connectivity index (χ1n) is 8.72. The Kier molecular flexibility index (Phi) is 4.44. The molecule has 2 saturated heterocycles. The molecule has 1 N–H and O–H groups in total. The first-order valence-corrected chi connectivity index (χ1v) is 8.72. The highest BCUT2D eigenvalue weighted by Crippen LogP contribution is 2.43. The van der Waals surface area contributed by atoms with E-state index in [2.05, 4.69) is 5.32 Å². The van der Waals surface area contributed by atoms with Crippen molar-refractivity contribution in [1.29, 1.82) is 0 Å². The van der Waals surface area contributed by atoms with Crippen LogP contribution in [0.4, 0.5) is 13.2 Å². The number of nitrogens with one attached hydrogen (secondary N) is 1. The number of likely N-dealkylation sites (tertiary alicyclic amines) is 1. The van der Waals surface area contributed by atoms with Crippen molar-refractivity contribution in [1.82, 2.24) is 10.2 Å². The lowest BCUT2D eigenvalue weighted by Gasteiger charge is -2.28. The van der Waals surface area contributed by atoms with Gasteiger partial charge < -0.3 is 10.2 Å². The third kappa shape index (κ3) is 3.09. The Morgan fingerprint density at radius 3 is 2.65 bits per heavy atom. The van der Waals surface area contributed by atoms with Gasteiger partial charge in [0.1, 0.15) is 17.5 Å². The summed E-state index contributed by atoms with van der Waals surface area (Å²) in [7, 11) is 0. The SMILES string of the molecule is O=C(Cc1ccc(F)cc1F)N1C[C@@H]2CNC[C@@H]2[C@H]1c1cccc(F)c1. The molecule has 3 atom stereocenters. The lowest BCUT2D eigenvalue weighted by molar-refractivity contribution is -0.132. The number of fused-ring (bicyclic) bond motifs is 1. The fraction of sp³-hybridized carbons (Fsp3) is 0.350. The minimum Gasteiger partial charge on any atom is -0.335 e. The summed E-state index contributed by atoms with van der Waals surface area (Å²) in [4.78, 5) is 14.6. The molecule has 0 aromatic heterocycles. The zero-order valence-electron chi connectivity index (χ0n) is 14.1. The Morgan fingerprint density at radius 1 is 1.08 bits per heavy atom. The summed E-state index contributed by atoms with van der Waals surface area (Å²) in [5.74, 6) is -1.45. The number of amides is 1. The fourth-order valence-corrected chi connectivity index (χ4v) is 4.22. The number of rotatable bonds is 3. The summed E-state index contributed by atoms with van der Waals surface area (Å²) in [5.41, 5.74) is 0.929. The number of carbonyl (C=O) groups excluding carboxylic acids is 1. The van der Waals surface area contributed by atoms with E-state index >= 15 is 0 Å². The maximum absolute atomic E-state index is 13.9. The molecule has 0 unspecified atom stereocenters. The van der Waals surface area contributed by atoms with Crippen LogP contribution in [-0.4, -0.2) is 30.4 Å². The summed E-state index contributed by atoms with van der Waals surface area (Å²) in [6.07, 6.45) is -0.134. The van der Waals surface area contributed by atoms with Gasteiger partial charge in [-0.15, -0.1) is 0 Å². The largest absolute Gasteiger partial charge is 0.335 e. The van der Waals surface area contributed by atoms with Gasteiger partial charge in [0, 0.05) is 31.6 Å². The summed E-state index contributed by atoms with van der Waals surface area (Å²) >= 11 is 0. The van der Waals surface area contributed by atoms with E-state index in [9.17, 15) is 18.0 Å². The van der Waals surface area contributed by atoms with E-state index in [-0.39, 0.29) is 35.7 Å². The maximum atomic E-state index is 13.9. The normalized spacial score (nSPS) is 24.7. The molecule has 0 spiro atoms. The molecule has 2 aliphatic heterocycles. The van der Waals surface area contributed by atoms with E-state index in [4.69, 9.17) is 0 Å². The Balaban J connectivity index is 1.62. The molecule has 2 aliphatic rings. The van der Waals surface area contributed by atoms with E-state index in [1.54, 1.807) is 11.0 Å². The van der Waals surface area contributed by atoms with Crippen LogP contribution in [0, 0.1) is 29.3 Å². The number of benzene rings is 2. The number of carbonyl (C=O) groups is 1. The van der Waals surface area contributed by atoms with E-state index < -0.39 is 11.6 Å². The Hall–Kier alpha value is -2.34. The van der Waals surface area contributed by atoms with Crippen LogP contribution >= 0.6 is 0 Å². The van der Waals surface area contributed by atoms with Crippen LogP contribution in [0.25, 0.3) is 0 Å². The fourth-order valence-electron chi connectivity index (χ4n) is 4.22. The molecule has 136 valence electrons. The lowest BCUT2D eigenvalue weighted by Crippen LogP contribution is -2.35. The zero-order chi connectivity index (χ0) is 18.3. The van der Waals surface area contributed by atoms with Gasteiger partial charge in [-0.25, -0.2) is 13.2 Å². The number of hydrogen-bond acceptors (Lipinski definition) is 2. The van der Waals surface area contributed by atoms with Crippen molar-refractivity contribution in [2.45, 2.75) is 12.5 Å². The second-order valence-corrected chi connectivity index (χ2v) is 7.04. The number of hydrogen-bond donors (Lipinski definition) is 1. The van der Waals surface area contributed by atoms with Crippen molar-refractivity contribution in [2.75, 3.05) is 19.6 Å². The molecule has 0 bridgehead atoms. The molecule has 3 nitrogen and oxygen atoms in total. The molecule has 0 radical (unpaired) electrons. The third-order valence-electron chi connectivity index (χ3n) is 5.43. The van der Waals surface area contributed by atoms with Crippen molar-refractivity contribution in [2.24, 2.45) is 11.8 Å². The molecular formula is C20H19F3N2O. The maximum Gasteiger partial charge on any atom is 0.227 e. The van der Waals surface area contributed by atoms with E-state index in [1.807, 2.05) is 6.07 Å². The predicted molar refractivity (Wildman–Crippen MR) is 90.8 cm³/mol. The van der Waals surface area contributed by atoms with Crippen LogP contribution in [0.15, 0.2) is 42.5 Å². The zero-order valence-corrected chi connectivity index (χ0v) is 14.1. The van der Waals surface area contributed by atoms with Crippen LogP contribution < -0.4 is 5.32 Å². The summed E-state index contributed by atoms with van der Waals surface area (Å²) in [6, 6.07) is 9.32. The highest BCUT2D eigenvalue weighted by atomic mass is 19.1. The Morgan fingerprint density at radius 2 is 1.88 bits per heavy atom. The molecular weight excluding hydrogens is 341 g/mol. The lowest BCUT2D eigenvalue weighted by atomic mass is 9.89. The second kappa shape index (κ2) is 6.76. The van der Waals surface area contributed by atoms with Crippen molar-refractivity contribution >= 4 is 5.91 Å². The predicted octanol–water partition coefficient (Wildman–Crippen LogP) is 3.07. The molecule has 2 aromatic rings. The summed E-state index contributed by atoms with van der Waals surface area (Å²) < 4.78 is 40.7. The first kappa shape index (κ1) is 17.1. The van der Waals surface area contributed by atoms with Crippen molar-refractivity contribution in [3.8, 4) is 0 Å². The molecule has 2 aromatic carbocycles. The van der Waals surface area contributed by atoms with Crippen molar-refractivity contribution in [3.05, 3.63) is 71.0 Å². The first-order chi connectivity index (χ1) is 12.5. The quantitative estimate of drug-likeness (QED) is 0.913. The van der Waals surface area contributed by atoms with Gasteiger partial charge in [-0.05, 0) is 35.2 Å².